The molecule has 0 atom stereocenters. The molecule has 0 aliphatic rings. The highest BCUT2D eigenvalue weighted by atomic mass is 32.2. The van der Waals surface area contributed by atoms with E-state index in [1.807, 2.05) is 0 Å². The quantitative estimate of drug-likeness (QED) is 0.709. The Balaban J connectivity index is 3.22. The fraction of sp³-hybridized carbons (Fsp3) is 0.500. The first-order chi connectivity index (χ1) is 9.34. The molecule has 6 nitrogen and oxygen atoms in total. The number of aryl methyl sites for hydroxylation is 1. The molecule has 0 fully saturated rings. The van der Waals surface area contributed by atoms with Gasteiger partial charge in [0.25, 0.3) is 0 Å². The van der Waals surface area contributed by atoms with E-state index in [4.69, 9.17) is 15.6 Å². The Bertz CT molecular complexity index is 563. The van der Waals surface area contributed by atoms with Crippen molar-refractivity contribution in [3.05, 3.63) is 23.5 Å². The van der Waals surface area contributed by atoms with Crippen LogP contribution >= 0.6 is 0 Å². The summed E-state index contributed by atoms with van der Waals surface area (Å²) in [6, 6.07) is 2.17. The van der Waals surface area contributed by atoms with E-state index in [2.05, 4.69) is 0 Å². The van der Waals surface area contributed by atoms with Gasteiger partial charge in [-0.05, 0) is 24.6 Å². The van der Waals surface area contributed by atoms with Crippen molar-refractivity contribution in [1.82, 2.24) is 4.31 Å². The van der Waals surface area contributed by atoms with Crippen molar-refractivity contribution in [2.24, 2.45) is 0 Å². The van der Waals surface area contributed by atoms with Gasteiger partial charge in [-0.1, -0.05) is 0 Å². The molecular weight excluding hydrogens is 287 g/mol. The number of sulfonamides is 1. The molecular formula is C12H19FN2O4S. The van der Waals surface area contributed by atoms with Crippen molar-refractivity contribution in [1.29, 1.82) is 0 Å². The largest absolute Gasteiger partial charge is 0.398 e. The fourth-order valence-corrected chi connectivity index (χ4v) is 3.16. The summed E-state index contributed by atoms with van der Waals surface area (Å²) in [5, 5.41) is 8.95. The van der Waals surface area contributed by atoms with Crippen LogP contribution in [0.25, 0.3) is 0 Å². The monoisotopic (exact) mass is 306 g/mol. The Hall–Kier alpha value is -1.22. The first-order valence-corrected chi connectivity index (χ1v) is 7.44. The first kappa shape index (κ1) is 16.8. The summed E-state index contributed by atoms with van der Waals surface area (Å²) in [5.74, 6) is -0.864. The molecule has 0 saturated carbocycles. The lowest BCUT2D eigenvalue weighted by molar-refractivity contribution is 0.168. The lowest BCUT2D eigenvalue weighted by atomic mass is 10.2. The Kier molecular flexibility index (Phi) is 5.88. The molecule has 0 aliphatic heterocycles. The third kappa shape index (κ3) is 3.66. The standard InChI is InChI=1S/C12H19FN2O4S/c1-9-7-10(13)12(8-11(9)14)20(17,18)15(3-5-16)4-6-19-2/h7-8,16H,3-6,14H2,1-2H3. The van der Waals surface area contributed by atoms with Crippen LogP contribution in [0.2, 0.25) is 0 Å². The molecule has 114 valence electrons. The molecule has 0 heterocycles. The van der Waals surface area contributed by atoms with E-state index in [9.17, 15) is 12.8 Å². The number of ether oxygens (including phenoxy) is 1. The summed E-state index contributed by atoms with van der Waals surface area (Å²) in [6.45, 7) is 1.24. The van der Waals surface area contributed by atoms with Gasteiger partial charge in [-0.15, -0.1) is 0 Å². The number of benzene rings is 1. The lowest BCUT2D eigenvalue weighted by Gasteiger charge is -2.21. The van der Waals surface area contributed by atoms with Crippen molar-refractivity contribution in [2.45, 2.75) is 11.8 Å². The average Bonchev–Trinajstić information content (AvgIpc) is 2.38. The van der Waals surface area contributed by atoms with Crippen LogP contribution in [0, 0.1) is 12.7 Å². The van der Waals surface area contributed by atoms with Gasteiger partial charge in [0.15, 0.2) is 0 Å². The van der Waals surface area contributed by atoms with E-state index in [1.54, 1.807) is 6.92 Å². The van der Waals surface area contributed by atoms with Crippen LogP contribution in [-0.2, 0) is 14.8 Å². The molecule has 8 heteroatoms. The van der Waals surface area contributed by atoms with Crippen LogP contribution in [0.1, 0.15) is 5.56 Å². The Morgan fingerprint density at radius 3 is 2.60 bits per heavy atom. The SMILES string of the molecule is COCCN(CCO)S(=O)(=O)c1cc(N)c(C)cc1F. The number of rotatable bonds is 7. The highest BCUT2D eigenvalue weighted by Crippen LogP contribution is 2.24. The maximum atomic E-state index is 13.9. The van der Waals surface area contributed by atoms with Gasteiger partial charge >= 0.3 is 0 Å². The number of aliphatic hydroxyl groups excluding tert-OH is 1. The summed E-state index contributed by atoms with van der Waals surface area (Å²) in [7, 11) is -2.64. The van der Waals surface area contributed by atoms with E-state index in [1.165, 1.54) is 7.11 Å². The van der Waals surface area contributed by atoms with Crippen molar-refractivity contribution in [3.63, 3.8) is 0 Å². The first-order valence-electron chi connectivity index (χ1n) is 6.00. The number of hydrogen-bond donors (Lipinski definition) is 2. The van der Waals surface area contributed by atoms with E-state index in [0.717, 1.165) is 16.4 Å². The summed E-state index contributed by atoms with van der Waals surface area (Å²) in [5.41, 5.74) is 6.30. The van der Waals surface area contributed by atoms with Gasteiger partial charge in [0, 0.05) is 25.9 Å². The second kappa shape index (κ2) is 6.98. The van der Waals surface area contributed by atoms with Crippen molar-refractivity contribution in [2.75, 3.05) is 39.1 Å². The van der Waals surface area contributed by atoms with Gasteiger partial charge in [-0.25, -0.2) is 12.8 Å². The smallest absolute Gasteiger partial charge is 0.246 e. The molecule has 0 radical (unpaired) electrons. The number of hydrogen-bond acceptors (Lipinski definition) is 5. The molecule has 1 aromatic carbocycles. The van der Waals surface area contributed by atoms with Crippen LogP contribution in [0.3, 0.4) is 0 Å². The zero-order valence-electron chi connectivity index (χ0n) is 11.5. The number of anilines is 1. The molecule has 0 aliphatic carbocycles. The molecule has 1 rings (SSSR count). The van der Waals surface area contributed by atoms with E-state index < -0.39 is 20.7 Å². The highest BCUT2D eigenvalue weighted by Gasteiger charge is 2.27. The summed E-state index contributed by atoms with van der Waals surface area (Å²) < 4.78 is 44.4. The minimum atomic E-state index is -4.07. The van der Waals surface area contributed by atoms with Crippen LogP contribution in [0.15, 0.2) is 17.0 Å². The second-order valence-electron chi connectivity index (χ2n) is 4.26. The molecule has 3 N–H and O–H groups in total. The van der Waals surface area contributed by atoms with Crippen molar-refractivity contribution in [3.8, 4) is 0 Å². The number of nitrogens with zero attached hydrogens (tertiary/aromatic N) is 1. The van der Waals surface area contributed by atoms with Gasteiger partial charge in [-0.3, -0.25) is 0 Å². The molecule has 0 unspecified atom stereocenters. The van der Waals surface area contributed by atoms with Crippen molar-refractivity contribution < 1.29 is 22.7 Å². The van der Waals surface area contributed by atoms with Gasteiger partial charge in [0.05, 0.1) is 13.2 Å². The van der Waals surface area contributed by atoms with Crippen LogP contribution in [-0.4, -0.2) is 51.2 Å². The number of nitrogens with two attached hydrogens (primary N) is 1. The molecule has 20 heavy (non-hydrogen) atoms. The minimum absolute atomic E-state index is 0.0205. The maximum absolute atomic E-state index is 13.9. The van der Waals surface area contributed by atoms with Crippen LogP contribution in [0.5, 0.6) is 0 Å². The van der Waals surface area contributed by atoms with Crippen LogP contribution in [0.4, 0.5) is 10.1 Å². The number of methoxy groups -OCH3 is 1. The molecule has 0 bridgehead atoms. The predicted molar refractivity (Wildman–Crippen MR) is 73.3 cm³/mol. The normalized spacial score (nSPS) is 12.1. The minimum Gasteiger partial charge on any atom is -0.398 e. The lowest BCUT2D eigenvalue weighted by Crippen LogP contribution is -2.36. The van der Waals surface area contributed by atoms with Crippen molar-refractivity contribution >= 4 is 15.7 Å². The predicted octanol–water partition coefficient (Wildman–Crippen LogP) is 0.346. The molecule has 0 saturated heterocycles. The van der Waals surface area contributed by atoms with E-state index in [0.29, 0.717) is 5.56 Å². The van der Waals surface area contributed by atoms with Crippen LogP contribution < -0.4 is 5.73 Å². The number of aliphatic hydroxyl groups is 1. The molecule has 0 aromatic heterocycles. The third-order valence-electron chi connectivity index (χ3n) is 2.83. The topological polar surface area (TPSA) is 92.9 Å². The van der Waals surface area contributed by atoms with Gasteiger partial charge in [0.2, 0.25) is 10.0 Å². The maximum Gasteiger partial charge on any atom is 0.246 e. The molecule has 0 spiro atoms. The average molecular weight is 306 g/mol. The third-order valence-corrected chi connectivity index (χ3v) is 4.75. The van der Waals surface area contributed by atoms with Gasteiger partial charge in [0.1, 0.15) is 10.7 Å². The Morgan fingerprint density at radius 1 is 1.40 bits per heavy atom. The molecule has 1 aromatic rings. The highest BCUT2D eigenvalue weighted by molar-refractivity contribution is 7.89. The molecule has 0 amide bonds. The zero-order valence-corrected chi connectivity index (χ0v) is 12.3. The summed E-state index contributed by atoms with van der Waals surface area (Å²) in [6.07, 6.45) is 0. The number of halogens is 1. The second-order valence-corrected chi connectivity index (χ2v) is 6.17. The fourth-order valence-electron chi connectivity index (χ4n) is 1.66. The van der Waals surface area contributed by atoms with E-state index in [-0.39, 0.29) is 32.0 Å². The van der Waals surface area contributed by atoms with Gasteiger partial charge in [-0.2, -0.15) is 4.31 Å². The summed E-state index contributed by atoms with van der Waals surface area (Å²) in [4.78, 5) is -0.495. The van der Waals surface area contributed by atoms with E-state index >= 15 is 0 Å². The zero-order chi connectivity index (χ0) is 15.3. The van der Waals surface area contributed by atoms with Gasteiger partial charge < -0.3 is 15.6 Å². The Labute approximate surface area is 118 Å². The number of nitrogen functional groups attached to an aromatic ring is 1. The Morgan fingerprint density at radius 2 is 2.05 bits per heavy atom. The summed E-state index contributed by atoms with van der Waals surface area (Å²) >= 11 is 0.